The Kier molecular flexibility index (Phi) is 2.39. The Morgan fingerprint density at radius 2 is 1.57 bits per heavy atom. The maximum atomic E-state index is 6.22. The standard InChI is InChI=1S/C22H20O/c1-22(2,3)16-6-8-17(9-7-16)23-19-12-15-11-18(19)21-14-5-4-13(10-14)20(15)21/h4-9,12H,10-11H2,1-3H3. The molecule has 0 aliphatic heterocycles. The second-order valence-corrected chi connectivity index (χ2v) is 7.88. The van der Waals surface area contributed by atoms with E-state index in [0.29, 0.717) is 0 Å². The minimum absolute atomic E-state index is 0.178. The van der Waals surface area contributed by atoms with Crippen LogP contribution in [0.25, 0.3) is 0 Å². The molecule has 1 fully saturated rings. The summed E-state index contributed by atoms with van der Waals surface area (Å²) in [4.78, 5) is 0. The molecule has 4 bridgehead atoms. The average Bonchev–Trinajstić information content (AvgIpc) is 3.25. The summed E-state index contributed by atoms with van der Waals surface area (Å²) >= 11 is 0. The summed E-state index contributed by atoms with van der Waals surface area (Å²) in [5.41, 5.74) is 10.3. The molecule has 4 aliphatic carbocycles. The molecular weight excluding hydrogens is 280 g/mol. The van der Waals surface area contributed by atoms with Gasteiger partial charge in [-0.1, -0.05) is 45.1 Å². The molecule has 0 spiro atoms. The van der Waals surface area contributed by atoms with Crippen molar-refractivity contribution < 1.29 is 4.74 Å². The molecule has 114 valence electrons. The van der Waals surface area contributed by atoms with Gasteiger partial charge in [0.2, 0.25) is 0 Å². The summed E-state index contributed by atoms with van der Waals surface area (Å²) in [7, 11) is 0. The SMILES string of the molecule is CC(C)(C)c1ccc(OC2=C3CC(=C2)C2=C4C=CC(=C32)C4)cc1. The van der Waals surface area contributed by atoms with Crippen molar-refractivity contribution in [1.29, 1.82) is 0 Å². The van der Waals surface area contributed by atoms with Crippen molar-refractivity contribution in [2.45, 2.75) is 39.0 Å². The zero-order valence-electron chi connectivity index (χ0n) is 13.9. The van der Waals surface area contributed by atoms with Crippen LogP contribution in [-0.4, -0.2) is 0 Å². The molecule has 1 nitrogen and oxygen atoms in total. The van der Waals surface area contributed by atoms with Crippen LogP contribution in [-0.2, 0) is 5.41 Å². The zero-order valence-corrected chi connectivity index (χ0v) is 13.9. The Bertz CT molecular complexity index is 890. The molecule has 0 unspecified atom stereocenters. The van der Waals surface area contributed by atoms with E-state index in [1.165, 1.54) is 39.0 Å². The van der Waals surface area contributed by atoms with E-state index in [1.807, 2.05) is 0 Å². The summed E-state index contributed by atoms with van der Waals surface area (Å²) in [6.45, 7) is 6.71. The molecule has 0 aromatic heterocycles. The number of hydrogen-bond donors (Lipinski definition) is 0. The minimum Gasteiger partial charge on any atom is -0.457 e. The average molecular weight is 300 g/mol. The van der Waals surface area contributed by atoms with Gasteiger partial charge < -0.3 is 4.74 Å². The van der Waals surface area contributed by atoms with Gasteiger partial charge in [-0.25, -0.2) is 0 Å². The molecule has 1 aromatic rings. The Hall–Kier alpha value is -2.28. The number of benzene rings is 1. The van der Waals surface area contributed by atoms with Crippen molar-refractivity contribution in [2.24, 2.45) is 0 Å². The fraction of sp³-hybridized carbons (Fsp3) is 0.273. The van der Waals surface area contributed by atoms with E-state index >= 15 is 0 Å². The molecule has 0 amide bonds. The number of rotatable bonds is 2. The third-order valence-electron chi connectivity index (χ3n) is 5.30. The molecule has 1 heteroatoms. The Morgan fingerprint density at radius 3 is 2.26 bits per heavy atom. The molecule has 4 aliphatic rings. The van der Waals surface area contributed by atoms with Crippen molar-refractivity contribution in [2.75, 3.05) is 0 Å². The van der Waals surface area contributed by atoms with Gasteiger partial charge in [-0.3, -0.25) is 0 Å². The van der Waals surface area contributed by atoms with E-state index < -0.39 is 0 Å². The maximum Gasteiger partial charge on any atom is 0.131 e. The fourth-order valence-electron chi connectivity index (χ4n) is 4.09. The molecule has 0 N–H and O–H groups in total. The highest BCUT2D eigenvalue weighted by Gasteiger charge is 2.40. The summed E-state index contributed by atoms with van der Waals surface area (Å²) in [5.74, 6) is 1.99. The highest BCUT2D eigenvalue weighted by Crippen LogP contribution is 2.56. The first-order valence-electron chi connectivity index (χ1n) is 8.38. The van der Waals surface area contributed by atoms with Crippen LogP contribution in [0.1, 0.15) is 39.2 Å². The molecule has 0 atom stereocenters. The normalized spacial score (nSPS) is 20.9. The number of hydrogen-bond acceptors (Lipinski definition) is 1. The van der Waals surface area contributed by atoms with Crippen molar-refractivity contribution in [3.8, 4) is 5.75 Å². The molecular formula is C22H20O. The predicted octanol–water partition coefficient (Wildman–Crippen LogP) is 5.53. The van der Waals surface area contributed by atoms with E-state index in [1.54, 1.807) is 0 Å². The maximum absolute atomic E-state index is 6.22. The molecule has 5 rings (SSSR count). The van der Waals surface area contributed by atoms with Gasteiger partial charge >= 0.3 is 0 Å². The second kappa shape index (κ2) is 4.17. The first-order valence-corrected chi connectivity index (χ1v) is 8.38. The lowest BCUT2D eigenvalue weighted by Crippen LogP contribution is -2.10. The number of fused-ring (bicyclic) bond motifs is 7. The van der Waals surface area contributed by atoms with Crippen LogP contribution in [0.3, 0.4) is 0 Å². The Morgan fingerprint density at radius 1 is 0.870 bits per heavy atom. The highest BCUT2D eigenvalue weighted by atomic mass is 16.5. The topological polar surface area (TPSA) is 9.23 Å². The van der Waals surface area contributed by atoms with Gasteiger partial charge in [-0.05, 0) is 63.5 Å². The van der Waals surface area contributed by atoms with E-state index in [-0.39, 0.29) is 5.41 Å². The first-order chi connectivity index (χ1) is 11.0. The highest BCUT2D eigenvalue weighted by molar-refractivity contribution is 5.81. The van der Waals surface area contributed by atoms with Gasteiger partial charge in [0.05, 0.1) is 0 Å². The van der Waals surface area contributed by atoms with Gasteiger partial charge in [0.1, 0.15) is 11.5 Å². The van der Waals surface area contributed by atoms with Crippen molar-refractivity contribution >= 4 is 0 Å². The van der Waals surface area contributed by atoms with Crippen molar-refractivity contribution in [3.05, 3.63) is 87.3 Å². The summed E-state index contributed by atoms with van der Waals surface area (Å²) < 4.78 is 6.22. The molecule has 1 saturated carbocycles. The Labute approximate surface area is 137 Å². The monoisotopic (exact) mass is 300 g/mol. The summed E-state index contributed by atoms with van der Waals surface area (Å²) in [5, 5.41) is 0. The first kappa shape index (κ1) is 13.2. The lowest BCUT2D eigenvalue weighted by molar-refractivity contribution is 0.440. The van der Waals surface area contributed by atoms with Crippen LogP contribution in [0.15, 0.2) is 81.7 Å². The van der Waals surface area contributed by atoms with Crippen LogP contribution in [0.2, 0.25) is 0 Å². The lowest BCUT2D eigenvalue weighted by Gasteiger charge is -2.19. The van der Waals surface area contributed by atoms with Crippen molar-refractivity contribution in [1.82, 2.24) is 0 Å². The van der Waals surface area contributed by atoms with E-state index in [2.05, 4.69) is 63.3 Å². The summed E-state index contributed by atoms with van der Waals surface area (Å²) in [6, 6.07) is 8.54. The molecule has 0 saturated heterocycles. The van der Waals surface area contributed by atoms with Crippen LogP contribution in [0.5, 0.6) is 5.75 Å². The van der Waals surface area contributed by atoms with Gasteiger partial charge in [0, 0.05) is 12.0 Å². The fourth-order valence-corrected chi connectivity index (χ4v) is 4.09. The number of allylic oxidation sites excluding steroid dienone is 9. The molecule has 0 radical (unpaired) electrons. The van der Waals surface area contributed by atoms with Crippen LogP contribution in [0, 0.1) is 0 Å². The van der Waals surface area contributed by atoms with Crippen LogP contribution >= 0.6 is 0 Å². The molecule has 1 aromatic carbocycles. The largest absolute Gasteiger partial charge is 0.457 e. The molecule has 23 heavy (non-hydrogen) atoms. The summed E-state index contributed by atoms with van der Waals surface area (Å²) in [6.07, 6.45) is 8.97. The quantitative estimate of drug-likeness (QED) is 0.698. The van der Waals surface area contributed by atoms with Gasteiger partial charge in [-0.2, -0.15) is 0 Å². The zero-order chi connectivity index (χ0) is 15.8. The van der Waals surface area contributed by atoms with Gasteiger partial charge in [-0.15, -0.1) is 0 Å². The second-order valence-electron chi connectivity index (χ2n) is 7.88. The van der Waals surface area contributed by atoms with Gasteiger partial charge in [0.25, 0.3) is 0 Å². The van der Waals surface area contributed by atoms with Crippen LogP contribution < -0.4 is 4.74 Å². The minimum atomic E-state index is 0.178. The van der Waals surface area contributed by atoms with Crippen LogP contribution in [0.4, 0.5) is 0 Å². The third-order valence-corrected chi connectivity index (χ3v) is 5.30. The molecule has 0 heterocycles. The smallest absolute Gasteiger partial charge is 0.131 e. The van der Waals surface area contributed by atoms with Crippen molar-refractivity contribution in [3.63, 3.8) is 0 Å². The predicted molar refractivity (Wildman–Crippen MR) is 93.3 cm³/mol. The Balaban J connectivity index is 1.47. The lowest BCUT2D eigenvalue weighted by atomic mass is 9.87. The third kappa shape index (κ3) is 1.80. The van der Waals surface area contributed by atoms with E-state index in [4.69, 9.17) is 4.74 Å². The number of ether oxygens (including phenoxy) is 1. The van der Waals surface area contributed by atoms with Gasteiger partial charge in [0.15, 0.2) is 0 Å². The van der Waals surface area contributed by atoms with E-state index in [0.717, 1.165) is 24.4 Å². The van der Waals surface area contributed by atoms with E-state index in [9.17, 15) is 0 Å².